The molecule has 0 saturated heterocycles. The van der Waals surface area contributed by atoms with Crippen LogP contribution in [0.3, 0.4) is 0 Å². The molecule has 1 heterocycles. The molecule has 1 aliphatic heterocycles. The fourth-order valence-corrected chi connectivity index (χ4v) is 2.56. The van der Waals surface area contributed by atoms with Crippen LogP contribution in [0, 0.1) is 5.92 Å². The Morgan fingerprint density at radius 1 is 1.28 bits per heavy atom. The summed E-state index contributed by atoms with van der Waals surface area (Å²) in [6.45, 7) is 2.24. The van der Waals surface area contributed by atoms with Gasteiger partial charge in [0.05, 0.1) is 19.3 Å². The van der Waals surface area contributed by atoms with Crippen LogP contribution in [0.25, 0.3) is 0 Å². The summed E-state index contributed by atoms with van der Waals surface area (Å²) in [5.41, 5.74) is 3.29. The molecule has 2 aliphatic rings. The van der Waals surface area contributed by atoms with Gasteiger partial charge in [-0.25, -0.2) is 0 Å². The average molecular weight is 258 g/mol. The van der Waals surface area contributed by atoms with Gasteiger partial charge in [-0.2, -0.15) is 13.2 Å². The molecule has 0 amide bonds. The van der Waals surface area contributed by atoms with Crippen molar-refractivity contribution < 1.29 is 13.2 Å². The van der Waals surface area contributed by atoms with E-state index >= 15 is 0 Å². The van der Waals surface area contributed by atoms with Crippen LogP contribution < -0.4 is 4.67 Å². The molecule has 0 fully saturated rings. The van der Waals surface area contributed by atoms with Crippen molar-refractivity contribution in [3.63, 3.8) is 0 Å². The zero-order chi connectivity index (χ0) is 13.2. The Balaban J connectivity index is 1.98. The molecule has 1 unspecified atom stereocenters. The van der Waals surface area contributed by atoms with Gasteiger partial charge in [-0.1, -0.05) is 6.92 Å². The molecule has 1 nitrogen and oxygen atoms in total. The van der Waals surface area contributed by atoms with Crippen LogP contribution in [0.15, 0.2) is 11.1 Å². The topological polar surface area (TPSA) is 14.1 Å². The number of nitrogens with zero attached hydrogens (tertiary/aromatic N) is 1. The Hall–Kier alpha value is -1.02. The predicted octanol–water partition coefficient (Wildman–Crippen LogP) is 3.82. The molecule has 100 valence electrons. The summed E-state index contributed by atoms with van der Waals surface area (Å²) in [6.07, 6.45) is 2.07. The number of rotatable bonds is 2. The molecule has 0 bridgehead atoms. The van der Waals surface area contributed by atoms with Gasteiger partial charge in [0.1, 0.15) is 0 Å². The second-order valence-electron chi connectivity index (χ2n) is 5.43. The van der Waals surface area contributed by atoms with E-state index in [0.717, 1.165) is 19.3 Å². The third-order valence-corrected chi connectivity index (χ3v) is 3.82. The molecule has 0 saturated carbocycles. The lowest BCUT2D eigenvalue weighted by Crippen LogP contribution is -2.16. The smallest absolute Gasteiger partial charge is 0.171 e. The van der Waals surface area contributed by atoms with E-state index < -0.39 is 12.6 Å². The predicted molar refractivity (Wildman–Crippen MR) is 67.8 cm³/mol. The van der Waals surface area contributed by atoms with Crippen molar-refractivity contribution in [1.29, 1.82) is 0 Å². The van der Waals surface area contributed by atoms with Crippen LogP contribution >= 0.6 is 0 Å². The van der Waals surface area contributed by atoms with Gasteiger partial charge in [0, 0.05) is 5.57 Å². The highest BCUT2D eigenvalue weighted by Gasteiger charge is 2.31. The number of allylic oxidation sites excluding steroid dienone is 2. The van der Waals surface area contributed by atoms with Gasteiger partial charge in [-0.05, 0) is 37.2 Å². The van der Waals surface area contributed by atoms with Crippen LogP contribution in [0.4, 0.5) is 13.2 Å². The maximum Gasteiger partial charge on any atom is 0.389 e. The van der Waals surface area contributed by atoms with E-state index in [1.807, 2.05) is 6.21 Å². The van der Waals surface area contributed by atoms with E-state index in [2.05, 4.69) is 11.6 Å². The van der Waals surface area contributed by atoms with Gasteiger partial charge in [-0.15, -0.1) is 4.67 Å². The fraction of sp³-hybridized carbons (Fsp3) is 0.714. The molecule has 0 radical (unpaired) electrons. The third-order valence-electron chi connectivity index (χ3n) is 3.82. The van der Waals surface area contributed by atoms with Crippen molar-refractivity contribution >= 4 is 11.9 Å². The van der Waals surface area contributed by atoms with Crippen molar-refractivity contribution in [1.82, 2.24) is 4.67 Å². The lowest BCUT2D eigenvalue weighted by Gasteiger charge is -2.08. The summed E-state index contributed by atoms with van der Waals surface area (Å²) in [5, 5.41) is 0. The van der Waals surface area contributed by atoms with Gasteiger partial charge >= 0.3 is 6.18 Å². The molecular weight excluding hydrogens is 239 g/mol. The summed E-state index contributed by atoms with van der Waals surface area (Å²) in [7, 11) is 0. The lowest BCUT2D eigenvalue weighted by atomic mass is 9.95. The first kappa shape index (κ1) is 13.4. The zero-order valence-corrected chi connectivity index (χ0v) is 10.7. The first-order valence-corrected chi connectivity index (χ1v) is 6.60. The highest BCUT2D eigenvalue weighted by atomic mass is 19.4. The summed E-state index contributed by atoms with van der Waals surface area (Å²) >= 11 is 0. The van der Waals surface area contributed by atoms with Crippen molar-refractivity contribution in [3.8, 4) is 0 Å². The Labute approximate surface area is 106 Å². The van der Waals surface area contributed by atoms with Crippen LogP contribution in [0.1, 0.15) is 51.9 Å². The van der Waals surface area contributed by atoms with Crippen LogP contribution in [-0.4, -0.2) is 18.1 Å². The second kappa shape index (κ2) is 5.31. The Bertz CT molecular complexity index is 411. The molecule has 0 N–H and O–H groups in total. The molecule has 4 heteroatoms. The molecule has 0 aromatic carbocycles. The average Bonchev–Trinajstić information content (AvgIpc) is 2.48. The molecule has 18 heavy (non-hydrogen) atoms. The zero-order valence-electron chi connectivity index (χ0n) is 10.7. The number of alkyl halides is 3. The number of hydrogen-bond acceptors (Lipinski definition) is 0. The molecule has 1 atom stereocenters. The third kappa shape index (κ3) is 3.74. The second-order valence-corrected chi connectivity index (χ2v) is 5.43. The number of hydrogen-bond donors (Lipinski definition) is 0. The lowest BCUT2D eigenvalue weighted by molar-refractivity contribution is -0.132. The Morgan fingerprint density at radius 3 is 2.72 bits per heavy atom. The maximum atomic E-state index is 12.2. The summed E-state index contributed by atoms with van der Waals surface area (Å²) in [4.78, 5) is 0. The van der Waals surface area contributed by atoms with E-state index in [0.29, 0.717) is 18.1 Å². The number of halogens is 3. The molecule has 1 aliphatic carbocycles. The first-order valence-electron chi connectivity index (χ1n) is 6.60. The van der Waals surface area contributed by atoms with Crippen LogP contribution in [0.2, 0.25) is 0 Å². The van der Waals surface area contributed by atoms with Crippen molar-refractivity contribution in [2.75, 3.05) is 0 Å². The summed E-state index contributed by atoms with van der Waals surface area (Å²) in [6, 6.07) is 0. The minimum absolute atomic E-state index is 0.0479. The van der Waals surface area contributed by atoms with E-state index in [4.69, 9.17) is 0 Å². The van der Waals surface area contributed by atoms with Crippen molar-refractivity contribution in [3.05, 3.63) is 11.1 Å². The van der Waals surface area contributed by atoms with Gasteiger partial charge in [-0.3, -0.25) is 0 Å². The monoisotopic (exact) mass is 258 g/mol. The Kier molecular flexibility index (Phi) is 3.96. The van der Waals surface area contributed by atoms with Crippen molar-refractivity contribution in [2.24, 2.45) is 5.92 Å². The van der Waals surface area contributed by atoms with E-state index in [1.165, 1.54) is 17.6 Å². The summed E-state index contributed by atoms with van der Waals surface area (Å²) < 4.78 is 40.8. The standard InChI is InChI=1S/C14H19F3N/c1-10-2-4-11-8-13(6-7-14(15,16)17)18-9-12(11)5-3-10/h9-10H,2-8H2,1H3/q+1. The van der Waals surface area contributed by atoms with Crippen LogP contribution in [0.5, 0.6) is 0 Å². The van der Waals surface area contributed by atoms with Gasteiger partial charge in [0.2, 0.25) is 0 Å². The molecule has 0 aromatic rings. The van der Waals surface area contributed by atoms with Gasteiger partial charge in [0.25, 0.3) is 11.9 Å². The van der Waals surface area contributed by atoms with E-state index in [-0.39, 0.29) is 6.42 Å². The van der Waals surface area contributed by atoms with Gasteiger partial charge in [0.15, 0.2) is 0 Å². The molecule has 0 aromatic heterocycles. The highest BCUT2D eigenvalue weighted by Crippen LogP contribution is 2.30. The molecular formula is C14H19F3N+. The largest absolute Gasteiger partial charge is 0.389 e. The normalized spacial score (nSPS) is 24.7. The summed E-state index contributed by atoms with van der Waals surface area (Å²) in [5.74, 6) is 0.711. The SMILES string of the molecule is CC1CCC2=C(CC1)CC(CCC(F)(F)F)=[N+]=C2. The van der Waals surface area contributed by atoms with Crippen LogP contribution in [-0.2, 0) is 0 Å². The minimum Gasteiger partial charge on any atom is -0.171 e. The highest BCUT2D eigenvalue weighted by molar-refractivity contribution is 5.95. The maximum absolute atomic E-state index is 12.2. The van der Waals surface area contributed by atoms with Crippen molar-refractivity contribution in [2.45, 2.75) is 58.0 Å². The molecule has 0 spiro atoms. The fourth-order valence-electron chi connectivity index (χ4n) is 2.56. The first-order chi connectivity index (χ1) is 8.44. The molecule has 2 rings (SSSR count). The Morgan fingerprint density at radius 2 is 2.00 bits per heavy atom. The van der Waals surface area contributed by atoms with Gasteiger partial charge < -0.3 is 0 Å². The minimum atomic E-state index is -4.07. The van der Waals surface area contributed by atoms with E-state index in [9.17, 15) is 13.2 Å². The van der Waals surface area contributed by atoms with E-state index in [1.54, 1.807) is 0 Å². The quantitative estimate of drug-likeness (QED) is 0.669.